The van der Waals surface area contributed by atoms with Crippen molar-refractivity contribution < 1.29 is 27.4 Å². The molecule has 1 aliphatic heterocycles. The fourth-order valence-corrected chi connectivity index (χ4v) is 7.49. The summed E-state index contributed by atoms with van der Waals surface area (Å²) in [6.07, 6.45) is -0.265. The molecule has 46 heavy (non-hydrogen) atoms. The molecule has 1 aliphatic rings. The van der Waals surface area contributed by atoms with Crippen molar-refractivity contribution in [3.8, 4) is 11.5 Å². The summed E-state index contributed by atoms with van der Waals surface area (Å²) in [6, 6.07) is 17.3. The summed E-state index contributed by atoms with van der Waals surface area (Å²) in [5, 5.41) is 0.898. The molecule has 0 saturated heterocycles. The Kier molecular flexibility index (Phi) is 11.6. The molecule has 0 aromatic heterocycles. The fraction of sp³-hybridized carbons (Fsp3) is 0.412. The van der Waals surface area contributed by atoms with Gasteiger partial charge in [0.2, 0.25) is 15.6 Å². The summed E-state index contributed by atoms with van der Waals surface area (Å²) in [6.45, 7) is 11.1. The largest absolute Gasteiger partial charge is 0.497 e. The van der Waals surface area contributed by atoms with Crippen molar-refractivity contribution in [3.63, 3.8) is 0 Å². The lowest BCUT2D eigenvalue weighted by Gasteiger charge is -2.36. The van der Waals surface area contributed by atoms with Gasteiger partial charge in [0.25, 0.3) is 0 Å². The smallest absolute Gasteiger partial charge is 0.341 e. The van der Waals surface area contributed by atoms with Gasteiger partial charge in [-0.3, -0.25) is 0 Å². The van der Waals surface area contributed by atoms with E-state index in [0.717, 1.165) is 0 Å². The number of halogens is 2. The van der Waals surface area contributed by atoms with E-state index in [1.165, 1.54) is 11.4 Å². The van der Waals surface area contributed by atoms with Crippen molar-refractivity contribution in [3.05, 3.63) is 93.5 Å². The number of hydrogen-bond acceptors (Lipinski definition) is 8. The summed E-state index contributed by atoms with van der Waals surface area (Å²) < 4.78 is 48.2. The highest BCUT2D eigenvalue weighted by Gasteiger charge is 2.60. The van der Waals surface area contributed by atoms with Crippen LogP contribution in [0.15, 0.2) is 71.7 Å². The highest BCUT2D eigenvalue weighted by Crippen LogP contribution is 2.52. The van der Waals surface area contributed by atoms with Crippen molar-refractivity contribution in [2.24, 2.45) is 4.99 Å². The van der Waals surface area contributed by atoms with Gasteiger partial charge in [-0.1, -0.05) is 61.3 Å². The van der Waals surface area contributed by atoms with E-state index >= 15 is 0 Å². The van der Waals surface area contributed by atoms with Crippen LogP contribution in [0.2, 0.25) is 10.0 Å². The van der Waals surface area contributed by atoms with Gasteiger partial charge in [-0.25, -0.2) is 22.5 Å². The van der Waals surface area contributed by atoms with Gasteiger partial charge < -0.3 is 19.1 Å². The number of amidine groups is 1. The van der Waals surface area contributed by atoms with Crippen LogP contribution in [-0.2, 0) is 25.1 Å². The summed E-state index contributed by atoms with van der Waals surface area (Å²) in [4.78, 5) is 21.5. The number of aliphatic imine (C=N–C) groups is 1. The first-order valence-electron chi connectivity index (χ1n) is 15.3. The Labute approximate surface area is 282 Å². The zero-order valence-corrected chi connectivity index (χ0v) is 29.3. The topological polar surface area (TPSA) is 97.7 Å². The first kappa shape index (κ1) is 35.5. The third-order valence-electron chi connectivity index (χ3n) is 7.83. The highest BCUT2D eigenvalue weighted by molar-refractivity contribution is 7.89. The second kappa shape index (κ2) is 15.1. The zero-order valence-electron chi connectivity index (χ0n) is 27.0. The third-order valence-corrected chi connectivity index (χ3v) is 10.0. The maximum Gasteiger partial charge on any atom is 0.341 e. The van der Waals surface area contributed by atoms with Crippen LogP contribution in [0, 0.1) is 0 Å². The Morgan fingerprint density at radius 2 is 1.59 bits per heavy atom. The first-order chi connectivity index (χ1) is 21.9. The molecule has 0 unspecified atom stereocenters. The molecule has 0 bridgehead atoms. The second-order valence-electron chi connectivity index (χ2n) is 11.1. The van der Waals surface area contributed by atoms with Crippen LogP contribution in [0.1, 0.15) is 57.4 Å². The maximum atomic E-state index is 14.8. The molecule has 12 heteroatoms. The Hall–Kier alpha value is -3.31. The summed E-state index contributed by atoms with van der Waals surface area (Å²) in [5.41, 5.74) is -0.576. The van der Waals surface area contributed by atoms with Crippen LogP contribution in [0.3, 0.4) is 0 Å². The van der Waals surface area contributed by atoms with Gasteiger partial charge >= 0.3 is 5.97 Å². The van der Waals surface area contributed by atoms with Crippen molar-refractivity contribution in [1.29, 1.82) is 0 Å². The number of esters is 1. The number of carbonyl (C=O) groups is 1. The molecule has 248 valence electrons. The van der Waals surface area contributed by atoms with Gasteiger partial charge in [-0.15, -0.1) is 0 Å². The number of rotatable bonds is 14. The van der Waals surface area contributed by atoms with Crippen LogP contribution < -0.4 is 9.47 Å². The molecule has 1 heterocycles. The van der Waals surface area contributed by atoms with E-state index in [1.54, 1.807) is 73.7 Å². The number of ether oxygens (including phenoxy) is 3. The van der Waals surface area contributed by atoms with E-state index in [9.17, 15) is 13.2 Å². The molecular weight excluding hydrogens is 649 g/mol. The van der Waals surface area contributed by atoms with E-state index in [0.29, 0.717) is 51.3 Å². The lowest BCUT2D eigenvalue weighted by molar-refractivity contribution is -0.151. The van der Waals surface area contributed by atoms with E-state index < -0.39 is 27.6 Å². The quantitative estimate of drug-likeness (QED) is 0.173. The standard InChI is InChI=1S/C34H41Cl2N3O6S/c1-7-38(8-2)20-21-46(41,42)39-31(24-10-14-26(35)15-11-24)34(33(40)44-9-3,25-12-16-27(36)17-13-25)37-32(39)29-19-18-28(43-6)22-30(29)45-23(4)5/h10-19,22-23,31H,7-9,20-21H2,1-6H3/t31-,34+/m0/s1. The molecule has 3 aromatic rings. The lowest BCUT2D eigenvalue weighted by Crippen LogP contribution is -2.48. The number of benzene rings is 3. The first-order valence-corrected chi connectivity index (χ1v) is 17.7. The van der Waals surface area contributed by atoms with Crippen LogP contribution in [0.5, 0.6) is 11.5 Å². The minimum atomic E-state index is -4.17. The monoisotopic (exact) mass is 689 g/mol. The summed E-state index contributed by atoms with van der Waals surface area (Å²) in [7, 11) is -2.63. The Balaban J connectivity index is 2.13. The molecule has 0 amide bonds. The Morgan fingerprint density at radius 3 is 2.13 bits per heavy atom. The van der Waals surface area contributed by atoms with Gasteiger partial charge in [0.15, 0.2) is 5.84 Å². The number of methoxy groups -OCH3 is 1. The average molecular weight is 691 g/mol. The zero-order chi connectivity index (χ0) is 33.6. The Bertz CT molecular complexity index is 1640. The number of nitrogens with zero attached hydrogens (tertiary/aromatic N) is 3. The maximum absolute atomic E-state index is 14.8. The predicted octanol–water partition coefficient (Wildman–Crippen LogP) is 6.72. The molecule has 0 saturated carbocycles. The van der Waals surface area contributed by atoms with Crippen molar-refractivity contribution in [2.75, 3.05) is 39.1 Å². The van der Waals surface area contributed by atoms with Crippen molar-refractivity contribution >= 4 is 45.0 Å². The average Bonchev–Trinajstić information content (AvgIpc) is 3.40. The fourth-order valence-electron chi connectivity index (χ4n) is 5.55. The minimum Gasteiger partial charge on any atom is -0.497 e. The van der Waals surface area contributed by atoms with Crippen molar-refractivity contribution in [2.45, 2.75) is 52.3 Å². The van der Waals surface area contributed by atoms with E-state index in [4.69, 9.17) is 42.4 Å². The molecule has 9 nitrogen and oxygen atoms in total. The number of sulfonamides is 1. The van der Waals surface area contributed by atoms with Gasteiger partial charge in [0.1, 0.15) is 17.5 Å². The molecule has 0 spiro atoms. The molecule has 3 aromatic carbocycles. The molecule has 0 aliphatic carbocycles. The molecule has 0 radical (unpaired) electrons. The van der Waals surface area contributed by atoms with E-state index in [1.807, 2.05) is 32.6 Å². The highest BCUT2D eigenvalue weighted by atomic mass is 35.5. The summed E-state index contributed by atoms with van der Waals surface area (Å²) >= 11 is 12.6. The van der Waals surface area contributed by atoms with E-state index in [2.05, 4.69) is 0 Å². The molecule has 0 fully saturated rings. The van der Waals surface area contributed by atoms with Crippen LogP contribution >= 0.6 is 23.2 Å². The van der Waals surface area contributed by atoms with Crippen molar-refractivity contribution in [1.82, 2.24) is 9.21 Å². The van der Waals surface area contributed by atoms with E-state index in [-0.39, 0.29) is 30.8 Å². The number of carbonyl (C=O) groups excluding carboxylic acids is 1. The SMILES string of the molecule is CCOC(=O)[C@]1(c2ccc(Cl)cc2)N=C(c2ccc(OC)cc2OC(C)C)N(S(=O)(=O)CCN(CC)CC)[C@H]1c1ccc(Cl)cc1. The predicted molar refractivity (Wildman–Crippen MR) is 183 cm³/mol. The molecule has 4 rings (SSSR count). The Morgan fingerprint density at radius 1 is 0.978 bits per heavy atom. The van der Waals surface area contributed by atoms with Crippen LogP contribution in [-0.4, -0.2) is 74.6 Å². The molecular formula is C34H41Cl2N3O6S. The van der Waals surface area contributed by atoms with Gasteiger partial charge in [-0.2, -0.15) is 0 Å². The molecule has 2 atom stereocenters. The minimum absolute atomic E-state index is 0.0424. The van der Waals surface area contributed by atoms with Gasteiger partial charge in [-0.05, 0) is 81.4 Å². The van der Waals surface area contributed by atoms with Gasteiger partial charge in [0, 0.05) is 22.7 Å². The van der Waals surface area contributed by atoms with Crippen LogP contribution in [0.4, 0.5) is 0 Å². The normalized spacial score (nSPS) is 18.2. The third kappa shape index (κ3) is 7.30. The second-order valence-corrected chi connectivity index (χ2v) is 13.9. The lowest BCUT2D eigenvalue weighted by atomic mass is 9.80. The molecule has 0 N–H and O–H groups in total. The van der Waals surface area contributed by atoms with Gasteiger partial charge in [0.05, 0.1) is 31.1 Å². The summed E-state index contributed by atoms with van der Waals surface area (Å²) in [5.74, 6) is -0.0366. The number of hydrogen-bond donors (Lipinski definition) is 0. The van der Waals surface area contributed by atoms with Crippen LogP contribution in [0.25, 0.3) is 0 Å².